The maximum atomic E-state index is 12.4. The molecule has 0 bridgehead atoms. The van der Waals surface area contributed by atoms with Crippen molar-refractivity contribution in [2.24, 2.45) is 0 Å². The highest BCUT2D eigenvalue weighted by Gasteiger charge is 2.20. The molecule has 0 aromatic heterocycles. The summed E-state index contributed by atoms with van der Waals surface area (Å²) in [5.41, 5.74) is 1.99. The number of anilines is 1. The van der Waals surface area contributed by atoms with E-state index in [4.69, 9.17) is 4.74 Å². The van der Waals surface area contributed by atoms with Crippen LogP contribution in [-0.2, 0) is 19.6 Å². The van der Waals surface area contributed by atoms with Gasteiger partial charge in [0.1, 0.15) is 6.54 Å². The number of benzene rings is 2. The Morgan fingerprint density at radius 1 is 0.966 bits per heavy atom. The Hall–Kier alpha value is -3.20. The summed E-state index contributed by atoms with van der Waals surface area (Å²) in [6.45, 7) is 2.94. The lowest BCUT2D eigenvalue weighted by molar-refractivity contribution is -0.145. The standard InChI is InChI=1S/C20H22N2O6S/c1-13-4-6-16(7-5-13)20(25)21-12-18(23)28-14(2)19(24)15-8-10-17(11-9-15)22-29(3,26)27/h4-11,14,22H,12H2,1-3H3,(H,21,25)/t14-/m1/s1. The quantitative estimate of drug-likeness (QED) is 0.499. The highest BCUT2D eigenvalue weighted by atomic mass is 32.2. The molecule has 2 rings (SSSR count). The van der Waals surface area contributed by atoms with Crippen LogP contribution in [-0.4, -0.2) is 45.0 Å². The highest BCUT2D eigenvalue weighted by molar-refractivity contribution is 7.92. The largest absolute Gasteiger partial charge is 0.453 e. The van der Waals surface area contributed by atoms with Gasteiger partial charge in [0.05, 0.1) is 6.26 Å². The summed E-state index contributed by atoms with van der Waals surface area (Å²) in [6, 6.07) is 12.6. The van der Waals surface area contributed by atoms with Gasteiger partial charge in [-0.3, -0.25) is 19.1 Å². The Morgan fingerprint density at radius 3 is 2.07 bits per heavy atom. The summed E-state index contributed by atoms with van der Waals surface area (Å²) < 4.78 is 29.8. The van der Waals surface area contributed by atoms with Crippen LogP contribution in [0.4, 0.5) is 5.69 Å². The number of hydrogen-bond acceptors (Lipinski definition) is 6. The topological polar surface area (TPSA) is 119 Å². The van der Waals surface area contributed by atoms with E-state index in [0.29, 0.717) is 11.3 Å². The minimum atomic E-state index is -3.42. The molecule has 154 valence electrons. The van der Waals surface area contributed by atoms with E-state index < -0.39 is 33.8 Å². The summed E-state index contributed by atoms with van der Waals surface area (Å²) in [4.78, 5) is 36.3. The van der Waals surface area contributed by atoms with Gasteiger partial charge in [-0.1, -0.05) is 17.7 Å². The van der Waals surface area contributed by atoms with Crippen molar-refractivity contribution in [1.29, 1.82) is 0 Å². The fraction of sp³-hybridized carbons (Fsp3) is 0.250. The molecule has 2 aromatic carbocycles. The van der Waals surface area contributed by atoms with Gasteiger partial charge in [-0.25, -0.2) is 8.42 Å². The van der Waals surface area contributed by atoms with Crippen LogP contribution >= 0.6 is 0 Å². The number of ketones is 1. The van der Waals surface area contributed by atoms with Gasteiger partial charge in [0.15, 0.2) is 6.10 Å². The third-order valence-corrected chi connectivity index (χ3v) is 4.46. The van der Waals surface area contributed by atoms with Crippen molar-refractivity contribution in [2.45, 2.75) is 20.0 Å². The van der Waals surface area contributed by atoms with E-state index >= 15 is 0 Å². The van der Waals surface area contributed by atoms with Gasteiger partial charge in [-0.15, -0.1) is 0 Å². The molecule has 1 atom stereocenters. The second kappa shape index (κ2) is 9.33. The van der Waals surface area contributed by atoms with Crippen LogP contribution in [0.3, 0.4) is 0 Å². The van der Waals surface area contributed by atoms with Crippen molar-refractivity contribution in [2.75, 3.05) is 17.5 Å². The fourth-order valence-corrected chi connectivity index (χ4v) is 2.97. The number of ether oxygens (including phenoxy) is 1. The van der Waals surface area contributed by atoms with Gasteiger partial charge in [-0.05, 0) is 50.2 Å². The number of carbonyl (C=O) groups is 3. The summed E-state index contributed by atoms with van der Waals surface area (Å²) in [6.07, 6.45) is -0.0435. The van der Waals surface area contributed by atoms with Crippen molar-refractivity contribution < 1.29 is 27.5 Å². The monoisotopic (exact) mass is 418 g/mol. The molecule has 2 N–H and O–H groups in total. The third kappa shape index (κ3) is 7.04. The molecule has 0 unspecified atom stereocenters. The van der Waals surface area contributed by atoms with Crippen LogP contribution < -0.4 is 10.0 Å². The van der Waals surface area contributed by atoms with Crippen molar-refractivity contribution in [3.63, 3.8) is 0 Å². The molecule has 1 amide bonds. The average Bonchev–Trinajstić information content (AvgIpc) is 2.65. The van der Waals surface area contributed by atoms with Crippen molar-refractivity contribution >= 4 is 33.4 Å². The molecule has 0 spiro atoms. The molecule has 0 saturated carbocycles. The van der Waals surface area contributed by atoms with Crippen molar-refractivity contribution in [3.8, 4) is 0 Å². The lowest BCUT2D eigenvalue weighted by Crippen LogP contribution is -2.34. The third-order valence-electron chi connectivity index (χ3n) is 3.86. The molecule has 29 heavy (non-hydrogen) atoms. The van der Waals surface area contributed by atoms with E-state index in [2.05, 4.69) is 10.0 Å². The second-order valence-corrected chi connectivity index (χ2v) is 8.25. The minimum absolute atomic E-state index is 0.257. The van der Waals surface area contributed by atoms with E-state index in [0.717, 1.165) is 11.8 Å². The molecule has 9 heteroatoms. The van der Waals surface area contributed by atoms with Crippen LogP contribution in [0.2, 0.25) is 0 Å². The first kappa shape index (κ1) is 22.1. The van der Waals surface area contributed by atoms with Gasteiger partial charge < -0.3 is 10.1 Å². The first-order valence-electron chi connectivity index (χ1n) is 8.71. The van der Waals surface area contributed by atoms with Gasteiger partial charge >= 0.3 is 5.97 Å². The minimum Gasteiger partial charge on any atom is -0.453 e. The van der Waals surface area contributed by atoms with E-state index in [-0.39, 0.29) is 12.1 Å². The number of aryl methyl sites for hydroxylation is 1. The number of Topliss-reactive ketones (excluding diaryl/α,β-unsaturated/α-hetero) is 1. The second-order valence-electron chi connectivity index (χ2n) is 6.50. The molecule has 0 aliphatic rings. The van der Waals surface area contributed by atoms with E-state index in [1.165, 1.54) is 31.2 Å². The molecule has 0 heterocycles. The Labute approximate surface area is 169 Å². The van der Waals surface area contributed by atoms with Crippen LogP contribution in [0.15, 0.2) is 48.5 Å². The number of sulfonamides is 1. The van der Waals surface area contributed by atoms with Crippen LogP contribution in [0, 0.1) is 6.92 Å². The number of carbonyl (C=O) groups excluding carboxylic acids is 3. The number of amides is 1. The zero-order valence-corrected chi connectivity index (χ0v) is 17.1. The summed E-state index contributed by atoms with van der Waals surface area (Å²) in [5, 5.41) is 2.44. The molecule has 0 aliphatic heterocycles. The molecule has 8 nitrogen and oxygen atoms in total. The Balaban J connectivity index is 1.87. The van der Waals surface area contributed by atoms with Crippen molar-refractivity contribution in [1.82, 2.24) is 5.32 Å². The lowest BCUT2D eigenvalue weighted by atomic mass is 10.1. The highest BCUT2D eigenvalue weighted by Crippen LogP contribution is 2.13. The van der Waals surface area contributed by atoms with E-state index in [1.54, 1.807) is 24.3 Å². The number of esters is 1. The van der Waals surface area contributed by atoms with E-state index in [9.17, 15) is 22.8 Å². The van der Waals surface area contributed by atoms with Gasteiger partial charge in [-0.2, -0.15) is 0 Å². The molecule has 0 radical (unpaired) electrons. The van der Waals surface area contributed by atoms with Crippen LogP contribution in [0.1, 0.15) is 33.2 Å². The lowest BCUT2D eigenvalue weighted by Gasteiger charge is -2.13. The molecule has 2 aromatic rings. The molecule has 0 saturated heterocycles. The van der Waals surface area contributed by atoms with E-state index in [1.807, 2.05) is 6.92 Å². The predicted molar refractivity (Wildman–Crippen MR) is 108 cm³/mol. The number of rotatable bonds is 8. The number of nitrogens with one attached hydrogen (secondary N) is 2. The molecular formula is C20H22N2O6S. The van der Waals surface area contributed by atoms with Crippen molar-refractivity contribution in [3.05, 3.63) is 65.2 Å². The van der Waals surface area contributed by atoms with Crippen LogP contribution in [0.25, 0.3) is 0 Å². The first-order valence-corrected chi connectivity index (χ1v) is 10.6. The zero-order chi connectivity index (χ0) is 21.6. The van der Waals surface area contributed by atoms with Gasteiger partial charge in [0, 0.05) is 16.8 Å². The molecule has 0 aliphatic carbocycles. The summed E-state index contributed by atoms with van der Waals surface area (Å²) in [5.74, 6) is -1.62. The molecular weight excluding hydrogens is 396 g/mol. The zero-order valence-electron chi connectivity index (χ0n) is 16.3. The normalized spacial score (nSPS) is 12.0. The maximum absolute atomic E-state index is 12.4. The smallest absolute Gasteiger partial charge is 0.326 e. The van der Waals surface area contributed by atoms with Gasteiger partial charge in [0.2, 0.25) is 15.8 Å². The van der Waals surface area contributed by atoms with Gasteiger partial charge in [0.25, 0.3) is 5.91 Å². The number of hydrogen-bond donors (Lipinski definition) is 2. The summed E-state index contributed by atoms with van der Waals surface area (Å²) in [7, 11) is -3.42. The predicted octanol–water partition coefficient (Wildman–Crippen LogP) is 1.91. The SMILES string of the molecule is Cc1ccc(C(=O)NCC(=O)O[C@H](C)C(=O)c2ccc(NS(C)(=O)=O)cc2)cc1. The first-order chi connectivity index (χ1) is 13.5. The van der Waals surface area contributed by atoms with Crippen LogP contribution in [0.5, 0.6) is 0 Å². The Morgan fingerprint density at radius 2 is 1.52 bits per heavy atom. The Bertz CT molecular complexity index is 998. The Kier molecular flexibility index (Phi) is 7.11. The fourth-order valence-electron chi connectivity index (χ4n) is 2.40. The maximum Gasteiger partial charge on any atom is 0.326 e. The average molecular weight is 418 g/mol. The summed E-state index contributed by atoms with van der Waals surface area (Å²) >= 11 is 0. The molecule has 0 fully saturated rings.